The third kappa shape index (κ3) is 1.95. The minimum atomic E-state index is -0.105. The van der Waals surface area contributed by atoms with Gasteiger partial charge in [0, 0.05) is 19.3 Å². The maximum absolute atomic E-state index is 12.8. The maximum atomic E-state index is 12.8. The highest BCUT2D eigenvalue weighted by Crippen LogP contribution is 2.39. The number of hydrogen-bond donors (Lipinski definition) is 0. The molecule has 1 aromatic heterocycles. The van der Waals surface area contributed by atoms with E-state index in [-0.39, 0.29) is 17.0 Å². The minimum absolute atomic E-state index is 0.0344. The smallest absolute Gasteiger partial charge is 0.257 e. The number of rotatable bonds is 1. The normalized spacial score (nSPS) is 26.1. The van der Waals surface area contributed by atoms with E-state index in [0.717, 1.165) is 37.3 Å². The summed E-state index contributed by atoms with van der Waals surface area (Å²) in [7, 11) is 0. The number of nitrogens with zero attached hydrogens (tertiary/aromatic N) is 3. The van der Waals surface area contributed by atoms with E-state index < -0.39 is 0 Å². The van der Waals surface area contributed by atoms with E-state index in [1.54, 1.807) is 0 Å². The first-order valence-electron chi connectivity index (χ1n) is 7.30. The Bertz CT molecular complexity index is 536. The Morgan fingerprint density at radius 2 is 2.15 bits per heavy atom. The van der Waals surface area contributed by atoms with Crippen LogP contribution in [0.2, 0.25) is 0 Å². The zero-order valence-electron chi connectivity index (χ0n) is 12.8. The van der Waals surface area contributed by atoms with Crippen LogP contribution in [0.5, 0.6) is 0 Å². The Morgan fingerprint density at radius 3 is 2.60 bits per heavy atom. The average molecular weight is 277 g/mol. The fraction of sp³-hybridized carbons (Fsp3) is 0.733. The van der Waals surface area contributed by atoms with Gasteiger partial charge in [0.15, 0.2) is 0 Å². The fourth-order valence-corrected chi connectivity index (χ4v) is 3.02. The first-order valence-corrected chi connectivity index (χ1v) is 7.30. The van der Waals surface area contributed by atoms with Crippen molar-refractivity contribution in [3.63, 3.8) is 0 Å². The number of amides is 1. The largest absolute Gasteiger partial charge is 0.379 e. The number of hydrogen-bond acceptors (Lipinski definition) is 3. The minimum Gasteiger partial charge on any atom is -0.379 e. The average Bonchev–Trinajstić information content (AvgIpc) is 2.93. The highest BCUT2D eigenvalue weighted by Gasteiger charge is 2.50. The van der Waals surface area contributed by atoms with Crippen molar-refractivity contribution in [1.29, 1.82) is 0 Å². The number of carbonyl (C=O) groups is 1. The molecule has 0 N–H and O–H groups in total. The van der Waals surface area contributed by atoms with E-state index in [1.165, 1.54) is 0 Å². The van der Waals surface area contributed by atoms with Crippen LogP contribution in [0.25, 0.3) is 0 Å². The Kier molecular flexibility index (Phi) is 2.94. The Balaban J connectivity index is 1.86. The number of ether oxygens (including phenoxy) is 1. The molecular formula is C15H23N3O2. The molecule has 3 heterocycles. The van der Waals surface area contributed by atoms with E-state index in [0.29, 0.717) is 6.61 Å². The van der Waals surface area contributed by atoms with Crippen LogP contribution in [0.3, 0.4) is 0 Å². The lowest BCUT2D eigenvalue weighted by atomic mass is 9.83. The lowest BCUT2D eigenvalue weighted by molar-refractivity contribution is -0.00801. The van der Waals surface area contributed by atoms with Gasteiger partial charge in [-0.2, -0.15) is 5.10 Å². The van der Waals surface area contributed by atoms with E-state index >= 15 is 0 Å². The van der Waals surface area contributed by atoms with Crippen LogP contribution in [0, 0.1) is 6.92 Å². The summed E-state index contributed by atoms with van der Waals surface area (Å²) < 4.78 is 7.38. The fourth-order valence-electron chi connectivity index (χ4n) is 3.02. The molecule has 2 aliphatic heterocycles. The van der Waals surface area contributed by atoms with Crippen molar-refractivity contribution >= 4 is 5.91 Å². The summed E-state index contributed by atoms with van der Waals surface area (Å²) in [4.78, 5) is 14.7. The molecule has 0 radical (unpaired) electrons. The summed E-state index contributed by atoms with van der Waals surface area (Å²) >= 11 is 0. The van der Waals surface area contributed by atoms with Gasteiger partial charge < -0.3 is 9.64 Å². The van der Waals surface area contributed by atoms with Crippen molar-refractivity contribution in [2.45, 2.75) is 51.6 Å². The van der Waals surface area contributed by atoms with Gasteiger partial charge in [0.2, 0.25) is 0 Å². The van der Waals surface area contributed by atoms with Gasteiger partial charge in [-0.25, -0.2) is 0 Å². The van der Waals surface area contributed by atoms with E-state index in [9.17, 15) is 4.79 Å². The Hall–Kier alpha value is -1.36. The lowest BCUT2D eigenvalue weighted by Crippen LogP contribution is -2.62. The van der Waals surface area contributed by atoms with Crippen LogP contribution >= 0.6 is 0 Å². The zero-order chi connectivity index (χ0) is 14.5. The molecular weight excluding hydrogens is 254 g/mol. The van der Waals surface area contributed by atoms with Crippen LogP contribution < -0.4 is 0 Å². The molecule has 0 bridgehead atoms. The van der Waals surface area contributed by atoms with Gasteiger partial charge in [-0.15, -0.1) is 0 Å². The molecule has 2 saturated heterocycles. The second-order valence-corrected chi connectivity index (χ2v) is 6.98. The maximum Gasteiger partial charge on any atom is 0.257 e. The van der Waals surface area contributed by atoms with E-state index in [4.69, 9.17) is 4.74 Å². The molecule has 0 aliphatic carbocycles. The van der Waals surface area contributed by atoms with Crippen LogP contribution in [-0.4, -0.2) is 45.9 Å². The third-order valence-electron chi connectivity index (χ3n) is 4.52. The van der Waals surface area contributed by atoms with Crippen LogP contribution in [0.4, 0.5) is 0 Å². The summed E-state index contributed by atoms with van der Waals surface area (Å²) in [6, 6.07) is 0. The molecule has 5 heteroatoms. The Morgan fingerprint density at radius 1 is 1.40 bits per heavy atom. The Labute approximate surface area is 119 Å². The number of aromatic nitrogens is 2. The van der Waals surface area contributed by atoms with E-state index in [2.05, 4.69) is 25.9 Å². The predicted octanol–water partition coefficient (Wildman–Crippen LogP) is 1.95. The standard InChI is InChI=1S/C15H23N3O2/c1-11-12(9-18(16-11)14(2,3)4)13(19)17-7-5-15(17)6-8-20-10-15/h9H,5-8,10H2,1-4H3. The molecule has 2 aliphatic rings. The first kappa shape index (κ1) is 13.6. The van der Waals surface area contributed by atoms with Gasteiger partial charge >= 0.3 is 0 Å². The molecule has 3 rings (SSSR count). The number of likely N-dealkylation sites (tertiary alicyclic amines) is 1. The number of carbonyl (C=O) groups excluding carboxylic acids is 1. The van der Waals surface area contributed by atoms with Crippen molar-refractivity contribution in [3.8, 4) is 0 Å². The van der Waals surface area contributed by atoms with Crippen molar-refractivity contribution < 1.29 is 9.53 Å². The second-order valence-electron chi connectivity index (χ2n) is 6.98. The van der Waals surface area contributed by atoms with Gasteiger partial charge in [0.1, 0.15) is 0 Å². The third-order valence-corrected chi connectivity index (χ3v) is 4.52. The molecule has 110 valence electrons. The quantitative estimate of drug-likeness (QED) is 0.788. The molecule has 1 atom stereocenters. The van der Waals surface area contributed by atoms with Gasteiger partial charge in [-0.1, -0.05) is 0 Å². The predicted molar refractivity (Wildman–Crippen MR) is 75.8 cm³/mol. The molecule has 0 saturated carbocycles. The zero-order valence-corrected chi connectivity index (χ0v) is 12.8. The summed E-state index contributed by atoms with van der Waals surface area (Å²) in [5.74, 6) is 0.106. The molecule has 1 aromatic rings. The van der Waals surface area contributed by atoms with Gasteiger partial charge in [0.25, 0.3) is 5.91 Å². The number of aryl methyl sites for hydroxylation is 1. The van der Waals surface area contributed by atoms with E-state index in [1.807, 2.05) is 22.7 Å². The molecule has 5 nitrogen and oxygen atoms in total. The topological polar surface area (TPSA) is 47.4 Å². The van der Waals surface area contributed by atoms with Crippen LogP contribution in [-0.2, 0) is 10.3 Å². The highest BCUT2D eigenvalue weighted by atomic mass is 16.5. The summed E-state index contributed by atoms with van der Waals surface area (Å²) in [6.07, 6.45) is 3.91. The monoisotopic (exact) mass is 277 g/mol. The van der Waals surface area contributed by atoms with Gasteiger partial charge in [-0.3, -0.25) is 9.48 Å². The first-order chi connectivity index (χ1) is 9.33. The van der Waals surface area contributed by atoms with Crippen LogP contribution in [0.15, 0.2) is 6.20 Å². The van der Waals surface area contributed by atoms with Crippen molar-refractivity contribution in [2.75, 3.05) is 19.8 Å². The lowest BCUT2D eigenvalue weighted by Gasteiger charge is -2.49. The highest BCUT2D eigenvalue weighted by molar-refractivity contribution is 5.96. The molecule has 20 heavy (non-hydrogen) atoms. The molecule has 0 aromatic carbocycles. The molecule has 1 amide bonds. The van der Waals surface area contributed by atoms with Crippen molar-refractivity contribution in [2.24, 2.45) is 0 Å². The van der Waals surface area contributed by atoms with Gasteiger partial charge in [-0.05, 0) is 40.5 Å². The van der Waals surface area contributed by atoms with Crippen molar-refractivity contribution in [1.82, 2.24) is 14.7 Å². The van der Waals surface area contributed by atoms with Gasteiger partial charge in [0.05, 0.1) is 28.9 Å². The summed E-state index contributed by atoms with van der Waals surface area (Å²) in [5, 5.41) is 4.50. The SMILES string of the molecule is Cc1nn(C(C)(C)C)cc1C(=O)N1CCC12CCOC2. The second kappa shape index (κ2) is 4.32. The van der Waals surface area contributed by atoms with Crippen LogP contribution in [0.1, 0.15) is 49.7 Å². The molecule has 1 unspecified atom stereocenters. The molecule has 1 spiro atoms. The molecule has 2 fully saturated rings. The summed E-state index contributed by atoms with van der Waals surface area (Å²) in [6.45, 7) is 10.5. The summed E-state index contributed by atoms with van der Waals surface area (Å²) in [5.41, 5.74) is 1.40. The van der Waals surface area contributed by atoms with Crippen molar-refractivity contribution in [3.05, 3.63) is 17.5 Å².